The predicted molar refractivity (Wildman–Crippen MR) is 44.4 cm³/mol. The second-order valence-corrected chi connectivity index (χ2v) is 2.47. The number of rotatable bonds is 2. The molecule has 1 heterocycles. The Balaban J connectivity index is 2.85. The maximum Gasteiger partial charge on any atom is 0.0938 e. The van der Waals surface area contributed by atoms with Gasteiger partial charge in [0.25, 0.3) is 0 Å². The number of aromatic nitrogens is 1. The molecule has 0 aliphatic rings. The summed E-state index contributed by atoms with van der Waals surface area (Å²) in [7, 11) is 0. The predicted octanol–water partition coefficient (Wildman–Crippen LogP) is 2.26. The van der Waals surface area contributed by atoms with Gasteiger partial charge in [0.15, 0.2) is 0 Å². The van der Waals surface area contributed by atoms with Crippen LogP contribution in [0.3, 0.4) is 0 Å². The summed E-state index contributed by atoms with van der Waals surface area (Å²) in [5.41, 5.74) is 0.847. The molecule has 0 aliphatic heterocycles. The molecule has 0 aromatic carbocycles. The molecular weight excluding hydrogens is 138 g/mol. The van der Waals surface area contributed by atoms with Crippen LogP contribution in [-0.4, -0.2) is 10.1 Å². The molecule has 1 aromatic heterocycles. The van der Waals surface area contributed by atoms with E-state index >= 15 is 0 Å². The highest BCUT2D eigenvalue weighted by Gasteiger charge is 2.07. The maximum atomic E-state index is 9.04. The first kappa shape index (κ1) is 7.79. The molecule has 2 heteroatoms. The molecule has 1 unspecified atom stereocenters. The van der Waals surface area contributed by atoms with Gasteiger partial charge in [-0.2, -0.15) is 0 Å². The van der Waals surface area contributed by atoms with Crippen LogP contribution in [0.1, 0.15) is 18.5 Å². The Morgan fingerprint density at radius 1 is 1.64 bits per heavy atom. The standard InChI is InChI=1S/C9H11NO/c1-7(8(2)11)9-5-3-4-6-10-9/h3-7,11H,2H2,1H3. The maximum absolute atomic E-state index is 9.04. The summed E-state index contributed by atoms with van der Waals surface area (Å²) in [4.78, 5) is 4.08. The quantitative estimate of drug-likeness (QED) is 0.654. The fourth-order valence-electron chi connectivity index (χ4n) is 0.803. The zero-order valence-corrected chi connectivity index (χ0v) is 6.49. The van der Waals surface area contributed by atoms with Crippen LogP contribution in [0.5, 0.6) is 0 Å². The Hall–Kier alpha value is -1.31. The van der Waals surface area contributed by atoms with Gasteiger partial charge in [0, 0.05) is 6.20 Å². The Morgan fingerprint density at radius 2 is 2.36 bits per heavy atom. The van der Waals surface area contributed by atoms with Crippen LogP contribution in [0.15, 0.2) is 36.7 Å². The lowest BCUT2D eigenvalue weighted by atomic mass is 10.1. The van der Waals surface area contributed by atoms with Crippen LogP contribution in [0, 0.1) is 0 Å². The fraction of sp³-hybridized carbons (Fsp3) is 0.222. The fourth-order valence-corrected chi connectivity index (χ4v) is 0.803. The van der Waals surface area contributed by atoms with Gasteiger partial charge in [-0.3, -0.25) is 4.98 Å². The first-order chi connectivity index (χ1) is 5.22. The van der Waals surface area contributed by atoms with Crippen molar-refractivity contribution < 1.29 is 5.11 Å². The van der Waals surface area contributed by atoms with E-state index in [0.29, 0.717) is 0 Å². The van der Waals surface area contributed by atoms with E-state index in [9.17, 15) is 0 Å². The molecule has 0 bridgehead atoms. The smallest absolute Gasteiger partial charge is 0.0938 e. The van der Waals surface area contributed by atoms with Gasteiger partial charge in [0.2, 0.25) is 0 Å². The van der Waals surface area contributed by atoms with Crippen molar-refractivity contribution in [2.75, 3.05) is 0 Å². The van der Waals surface area contributed by atoms with Crippen LogP contribution >= 0.6 is 0 Å². The summed E-state index contributed by atoms with van der Waals surface area (Å²) in [6.07, 6.45) is 1.70. The van der Waals surface area contributed by atoms with E-state index in [4.69, 9.17) is 5.11 Å². The average Bonchev–Trinajstić information content (AvgIpc) is 2.05. The average molecular weight is 149 g/mol. The van der Waals surface area contributed by atoms with E-state index in [1.165, 1.54) is 0 Å². The molecule has 2 nitrogen and oxygen atoms in total. The number of hydrogen-bond donors (Lipinski definition) is 1. The number of aliphatic hydroxyl groups is 1. The van der Waals surface area contributed by atoms with Crippen molar-refractivity contribution in [1.29, 1.82) is 0 Å². The van der Waals surface area contributed by atoms with E-state index in [-0.39, 0.29) is 11.7 Å². The topological polar surface area (TPSA) is 33.1 Å². The third kappa shape index (κ3) is 1.80. The number of aliphatic hydroxyl groups excluding tert-OH is 1. The van der Waals surface area contributed by atoms with Crippen molar-refractivity contribution >= 4 is 0 Å². The first-order valence-electron chi connectivity index (χ1n) is 3.50. The molecular formula is C9H11NO. The molecule has 0 saturated heterocycles. The van der Waals surface area contributed by atoms with Crippen LogP contribution < -0.4 is 0 Å². The third-order valence-corrected chi connectivity index (χ3v) is 1.63. The Kier molecular flexibility index (Phi) is 2.26. The molecule has 1 atom stereocenters. The summed E-state index contributed by atoms with van der Waals surface area (Å²) in [5.74, 6) is 0.0832. The second kappa shape index (κ2) is 3.19. The Morgan fingerprint density at radius 3 is 2.82 bits per heavy atom. The van der Waals surface area contributed by atoms with Gasteiger partial charge in [0.1, 0.15) is 0 Å². The SMILES string of the molecule is C=C(O)C(C)c1ccccn1. The lowest BCUT2D eigenvalue weighted by Crippen LogP contribution is -1.97. The van der Waals surface area contributed by atoms with Gasteiger partial charge in [-0.1, -0.05) is 12.6 Å². The summed E-state index contributed by atoms with van der Waals surface area (Å²) >= 11 is 0. The lowest BCUT2D eigenvalue weighted by Gasteiger charge is -2.07. The minimum Gasteiger partial charge on any atom is -0.512 e. The van der Waals surface area contributed by atoms with Crippen molar-refractivity contribution in [1.82, 2.24) is 4.98 Å². The highest BCUT2D eigenvalue weighted by atomic mass is 16.3. The third-order valence-electron chi connectivity index (χ3n) is 1.63. The molecule has 0 aliphatic carbocycles. The van der Waals surface area contributed by atoms with Crippen molar-refractivity contribution in [2.45, 2.75) is 12.8 Å². The highest BCUT2D eigenvalue weighted by Crippen LogP contribution is 2.17. The van der Waals surface area contributed by atoms with Crippen molar-refractivity contribution in [3.63, 3.8) is 0 Å². The molecule has 0 spiro atoms. The van der Waals surface area contributed by atoms with Gasteiger partial charge >= 0.3 is 0 Å². The van der Waals surface area contributed by atoms with E-state index in [1.54, 1.807) is 6.20 Å². The lowest BCUT2D eigenvalue weighted by molar-refractivity contribution is 0.375. The van der Waals surface area contributed by atoms with Crippen molar-refractivity contribution in [2.24, 2.45) is 0 Å². The summed E-state index contributed by atoms with van der Waals surface area (Å²) in [6, 6.07) is 5.60. The highest BCUT2D eigenvalue weighted by molar-refractivity contribution is 5.15. The molecule has 58 valence electrons. The van der Waals surface area contributed by atoms with Crippen LogP contribution in [0.25, 0.3) is 0 Å². The molecule has 11 heavy (non-hydrogen) atoms. The van der Waals surface area contributed by atoms with E-state index in [1.807, 2.05) is 25.1 Å². The van der Waals surface area contributed by atoms with Gasteiger partial charge in [0.05, 0.1) is 17.4 Å². The largest absolute Gasteiger partial charge is 0.512 e. The second-order valence-electron chi connectivity index (χ2n) is 2.47. The summed E-state index contributed by atoms with van der Waals surface area (Å²) < 4.78 is 0. The van der Waals surface area contributed by atoms with Gasteiger partial charge in [-0.05, 0) is 19.1 Å². The molecule has 0 amide bonds. The van der Waals surface area contributed by atoms with Crippen molar-refractivity contribution in [3.8, 4) is 0 Å². The van der Waals surface area contributed by atoms with Crippen molar-refractivity contribution in [3.05, 3.63) is 42.4 Å². The van der Waals surface area contributed by atoms with E-state index in [2.05, 4.69) is 11.6 Å². The van der Waals surface area contributed by atoms with Crippen LogP contribution in [0.2, 0.25) is 0 Å². The minimum absolute atomic E-state index is 0.0730. The normalized spacial score (nSPS) is 12.5. The number of nitrogens with zero attached hydrogens (tertiary/aromatic N) is 1. The summed E-state index contributed by atoms with van der Waals surface area (Å²) in [5, 5.41) is 9.04. The van der Waals surface area contributed by atoms with E-state index in [0.717, 1.165) is 5.69 Å². The first-order valence-corrected chi connectivity index (χ1v) is 3.50. The zero-order valence-electron chi connectivity index (χ0n) is 6.49. The van der Waals surface area contributed by atoms with E-state index < -0.39 is 0 Å². The van der Waals surface area contributed by atoms with Gasteiger partial charge in [-0.15, -0.1) is 0 Å². The van der Waals surface area contributed by atoms with Crippen LogP contribution in [0.4, 0.5) is 0 Å². The molecule has 0 fully saturated rings. The van der Waals surface area contributed by atoms with Gasteiger partial charge < -0.3 is 5.11 Å². The number of pyridine rings is 1. The Bertz CT molecular complexity index is 243. The Labute approximate surface area is 66.2 Å². The molecule has 1 aromatic rings. The molecule has 1 rings (SSSR count). The minimum atomic E-state index is -0.0730. The molecule has 0 radical (unpaired) electrons. The number of hydrogen-bond acceptors (Lipinski definition) is 2. The zero-order chi connectivity index (χ0) is 8.27. The van der Waals surface area contributed by atoms with Gasteiger partial charge in [-0.25, -0.2) is 0 Å². The molecule has 0 saturated carbocycles. The molecule has 1 N–H and O–H groups in total. The monoisotopic (exact) mass is 149 g/mol. The van der Waals surface area contributed by atoms with Crippen LogP contribution in [-0.2, 0) is 0 Å². The number of allylic oxidation sites excluding steroid dienone is 1. The summed E-state index contributed by atoms with van der Waals surface area (Å²) in [6.45, 7) is 5.31.